The highest BCUT2D eigenvalue weighted by atomic mass is 127. The van der Waals surface area contributed by atoms with Crippen LogP contribution >= 0.6 is 22.6 Å². The van der Waals surface area contributed by atoms with E-state index >= 15 is 0 Å². The molecule has 0 saturated heterocycles. The lowest BCUT2D eigenvalue weighted by atomic mass is 9.90. The van der Waals surface area contributed by atoms with Gasteiger partial charge in [0.05, 0.1) is 18.6 Å². The molecule has 1 unspecified atom stereocenters. The summed E-state index contributed by atoms with van der Waals surface area (Å²) in [5.74, 6) is -1.53. The molecule has 4 aromatic carbocycles. The molecule has 42 heavy (non-hydrogen) atoms. The third-order valence-electron chi connectivity index (χ3n) is 6.75. The van der Waals surface area contributed by atoms with Crippen LogP contribution < -0.4 is 15.4 Å². The van der Waals surface area contributed by atoms with Gasteiger partial charge in [-0.2, -0.15) is 0 Å². The van der Waals surface area contributed by atoms with Gasteiger partial charge in [0.15, 0.2) is 0 Å². The van der Waals surface area contributed by atoms with Crippen LogP contribution in [0.25, 0.3) is 0 Å². The minimum atomic E-state index is -1.69. The monoisotopic (exact) mass is 686 g/mol. The van der Waals surface area contributed by atoms with Gasteiger partial charge in [-0.25, -0.2) is 8.78 Å². The molecule has 0 fully saturated rings. The first kappa shape index (κ1) is 31.6. The van der Waals surface area contributed by atoms with Crippen LogP contribution in [0, 0.1) is 15.2 Å². The molecule has 0 saturated carbocycles. The SMILES string of the molecule is O=C(CC(O)(COc1ccccc1)c1ccccc1)N[C@H](Cc1cc(F)cc(F)c1)[C@H](O)CNCc1cccc(I)c1. The molecule has 6 nitrogen and oxygen atoms in total. The summed E-state index contributed by atoms with van der Waals surface area (Å²) in [7, 11) is 0. The summed E-state index contributed by atoms with van der Waals surface area (Å²) in [5, 5.41) is 28.7. The number of aliphatic hydroxyl groups is 2. The third kappa shape index (κ3) is 9.59. The minimum Gasteiger partial charge on any atom is -0.490 e. The van der Waals surface area contributed by atoms with E-state index in [0.29, 0.717) is 17.9 Å². The van der Waals surface area contributed by atoms with Gasteiger partial charge in [-0.1, -0.05) is 60.7 Å². The Kier molecular flexibility index (Phi) is 11.4. The van der Waals surface area contributed by atoms with E-state index in [0.717, 1.165) is 15.2 Å². The number of carbonyl (C=O) groups excluding carboxylic acids is 1. The summed E-state index contributed by atoms with van der Waals surface area (Å²) in [4.78, 5) is 13.4. The molecule has 0 spiro atoms. The van der Waals surface area contributed by atoms with E-state index in [1.807, 2.05) is 30.3 Å². The minimum absolute atomic E-state index is 0.0310. The second kappa shape index (κ2) is 15.2. The smallest absolute Gasteiger partial charge is 0.223 e. The van der Waals surface area contributed by atoms with Gasteiger partial charge in [0.1, 0.15) is 29.6 Å². The Morgan fingerprint density at radius 1 is 0.881 bits per heavy atom. The van der Waals surface area contributed by atoms with E-state index < -0.39 is 35.3 Å². The van der Waals surface area contributed by atoms with Crippen LogP contribution in [0.1, 0.15) is 23.1 Å². The molecule has 0 aliphatic carbocycles. The van der Waals surface area contributed by atoms with Crippen LogP contribution in [0.15, 0.2) is 103 Å². The summed E-state index contributed by atoms with van der Waals surface area (Å²) in [6.45, 7) is 0.385. The van der Waals surface area contributed by atoms with Gasteiger partial charge >= 0.3 is 0 Å². The number of para-hydroxylation sites is 1. The zero-order chi connectivity index (χ0) is 30.0. The second-order valence-corrected chi connectivity index (χ2v) is 11.4. The lowest BCUT2D eigenvalue weighted by Crippen LogP contribution is -2.50. The maximum Gasteiger partial charge on any atom is 0.223 e. The molecule has 0 aliphatic heterocycles. The molecule has 0 radical (unpaired) electrons. The fourth-order valence-electron chi connectivity index (χ4n) is 4.65. The maximum atomic E-state index is 14.0. The second-order valence-electron chi connectivity index (χ2n) is 10.2. The van der Waals surface area contributed by atoms with E-state index in [1.165, 1.54) is 12.1 Å². The molecule has 9 heteroatoms. The molecule has 0 aliphatic rings. The van der Waals surface area contributed by atoms with Gasteiger partial charge in [-0.15, -0.1) is 0 Å². The molecule has 4 N–H and O–H groups in total. The first-order chi connectivity index (χ1) is 20.2. The molecule has 0 heterocycles. The number of ether oxygens (including phenoxy) is 1. The van der Waals surface area contributed by atoms with Gasteiger partial charge in [-0.3, -0.25) is 4.79 Å². The average molecular weight is 687 g/mol. The van der Waals surface area contributed by atoms with E-state index in [9.17, 15) is 23.8 Å². The van der Waals surface area contributed by atoms with Crippen LogP contribution in [-0.4, -0.2) is 41.4 Å². The Morgan fingerprint density at radius 2 is 1.55 bits per heavy atom. The first-order valence-electron chi connectivity index (χ1n) is 13.5. The van der Waals surface area contributed by atoms with Crippen molar-refractivity contribution in [1.29, 1.82) is 0 Å². The van der Waals surface area contributed by atoms with Gasteiger partial charge in [0, 0.05) is 22.7 Å². The fraction of sp³-hybridized carbons (Fsp3) is 0.242. The number of carbonyl (C=O) groups is 1. The largest absolute Gasteiger partial charge is 0.490 e. The number of amides is 1. The van der Waals surface area contributed by atoms with E-state index in [2.05, 4.69) is 33.2 Å². The van der Waals surface area contributed by atoms with Crippen molar-refractivity contribution in [3.8, 4) is 5.75 Å². The average Bonchev–Trinajstić information content (AvgIpc) is 2.96. The Hall–Kier alpha value is -3.38. The Balaban J connectivity index is 1.49. The highest BCUT2D eigenvalue weighted by Gasteiger charge is 2.35. The van der Waals surface area contributed by atoms with Gasteiger partial charge in [0.2, 0.25) is 5.91 Å². The van der Waals surface area contributed by atoms with Gasteiger partial charge < -0.3 is 25.6 Å². The lowest BCUT2D eigenvalue weighted by molar-refractivity contribution is -0.129. The Labute approximate surface area is 257 Å². The predicted octanol–water partition coefficient (Wildman–Crippen LogP) is 5.10. The van der Waals surface area contributed by atoms with Crippen molar-refractivity contribution in [2.45, 2.75) is 37.1 Å². The molecule has 0 aromatic heterocycles. The van der Waals surface area contributed by atoms with E-state index in [-0.39, 0.29) is 31.6 Å². The van der Waals surface area contributed by atoms with Gasteiger partial charge in [-0.05, 0) is 82.1 Å². The van der Waals surface area contributed by atoms with Crippen molar-refractivity contribution in [1.82, 2.24) is 10.6 Å². The lowest BCUT2D eigenvalue weighted by Gasteiger charge is -2.30. The highest BCUT2D eigenvalue weighted by Crippen LogP contribution is 2.27. The summed E-state index contributed by atoms with van der Waals surface area (Å²) in [6.07, 6.45) is -1.51. The molecular weight excluding hydrogens is 653 g/mol. The van der Waals surface area contributed by atoms with Crippen molar-refractivity contribution in [3.63, 3.8) is 0 Å². The number of benzene rings is 4. The molecule has 3 atom stereocenters. The van der Waals surface area contributed by atoms with Crippen LogP contribution in [0.5, 0.6) is 5.75 Å². The number of halogens is 3. The number of nitrogens with one attached hydrogen (secondary N) is 2. The molecule has 0 bridgehead atoms. The van der Waals surface area contributed by atoms with Gasteiger partial charge in [0.25, 0.3) is 0 Å². The number of aliphatic hydroxyl groups excluding tert-OH is 1. The van der Waals surface area contributed by atoms with Crippen molar-refractivity contribution < 1.29 is 28.5 Å². The van der Waals surface area contributed by atoms with Crippen LogP contribution in [0.2, 0.25) is 0 Å². The highest BCUT2D eigenvalue weighted by molar-refractivity contribution is 14.1. The number of hydrogen-bond acceptors (Lipinski definition) is 5. The van der Waals surface area contributed by atoms with E-state index in [4.69, 9.17) is 4.74 Å². The molecular formula is C33H33F2IN2O4. The maximum absolute atomic E-state index is 14.0. The molecule has 4 rings (SSSR count). The Bertz CT molecular complexity index is 1420. The molecule has 220 valence electrons. The summed E-state index contributed by atoms with van der Waals surface area (Å²) in [6, 6.07) is 27.8. The standard InChI is InChI=1S/C33H33F2IN2O4/c34-26-14-24(15-27(35)18-26)17-30(31(39)21-37-20-23-8-7-11-28(36)16-23)38-32(40)19-33(41,25-9-3-1-4-10-25)22-42-29-12-5-2-6-13-29/h1-16,18,30-31,37,39,41H,17,19-22H2,(H,38,40)/t30-,31-,33?/m1/s1. The van der Waals surface area contributed by atoms with Crippen LogP contribution in [-0.2, 0) is 23.4 Å². The van der Waals surface area contributed by atoms with Crippen molar-refractivity contribution >= 4 is 28.5 Å². The first-order valence-corrected chi connectivity index (χ1v) is 14.6. The van der Waals surface area contributed by atoms with Crippen molar-refractivity contribution in [2.24, 2.45) is 0 Å². The molecule has 1 amide bonds. The number of hydrogen-bond donors (Lipinski definition) is 4. The predicted molar refractivity (Wildman–Crippen MR) is 166 cm³/mol. The van der Waals surface area contributed by atoms with Crippen molar-refractivity contribution in [2.75, 3.05) is 13.2 Å². The third-order valence-corrected chi connectivity index (χ3v) is 7.42. The van der Waals surface area contributed by atoms with Crippen molar-refractivity contribution in [3.05, 3.63) is 135 Å². The summed E-state index contributed by atoms with van der Waals surface area (Å²) < 4.78 is 34.8. The normalized spacial score (nSPS) is 14.0. The summed E-state index contributed by atoms with van der Waals surface area (Å²) >= 11 is 2.22. The Morgan fingerprint density at radius 3 is 2.21 bits per heavy atom. The molecule has 4 aromatic rings. The van der Waals surface area contributed by atoms with Crippen LogP contribution in [0.3, 0.4) is 0 Å². The fourth-order valence-corrected chi connectivity index (χ4v) is 5.25. The zero-order valence-corrected chi connectivity index (χ0v) is 25.0. The summed E-state index contributed by atoms with van der Waals surface area (Å²) in [5.41, 5.74) is 0.0950. The van der Waals surface area contributed by atoms with Crippen LogP contribution in [0.4, 0.5) is 8.78 Å². The number of rotatable bonds is 14. The topological polar surface area (TPSA) is 90.8 Å². The zero-order valence-electron chi connectivity index (χ0n) is 22.9. The quantitative estimate of drug-likeness (QED) is 0.139. The van der Waals surface area contributed by atoms with E-state index in [1.54, 1.807) is 54.6 Å².